The van der Waals surface area contributed by atoms with Crippen LogP contribution in [0.5, 0.6) is 0 Å². The molecule has 0 spiro atoms. The van der Waals surface area contributed by atoms with E-state index in [9.17, 15) is 18.0 Å². The van der Waals surface area contributed by atoms with Crippen molar-refractivity contribution in [1.29, 1.82) is 0 Å². The fraction of sp³-hybridized carbons (Fsp3) is 0.533. The van der Waals surface area contributed by atoms with Crippen molar-refractivity contribution in [2.45, 2.75) is 19.1 Å². The van der Waals surface area contributed by atoms with E-state index in [2.05, 4.69) is 26.6 Å². The standard InChI is InChI=1S/C15H19BrF3N3O/c1-10-11(3-2-4-12(10)16)14(23)21-9-13(15(17,18)19)22-7-5-20-6-8-22/h2-4,13,20H,5-9H2,1H3,(H,21,23). The zero-order valence-corrected chi connectivity index (χ0v) is 14.3. The Kier molecular flexibility index (Phi) is 6.05. The molecule has 1 unspecified atom stereocenters. The molecule has 8 heteroatoms. The summed E-state index contributed by atoms with van der Waals surface area (Å²) >= 11 is 3.31. The van der Waals surface area contributed by atoms with Crippen molar-refractivity contribution in [3.05, 3.63) is 33.8 Å². The molecule has 4 nitrogen and oxygen atoms in total. The van der Waals surface area contributed by atoms with Gasteiger partial charge in [-0.3, -0.25) is 9.69 Å². The molecule has 1 amide bonds. The Bertz CT molecular complexity index is 559. The second kappa shape index (κ2) is 7.63. The molecule has 0 aromatic heterocycles. The van der Waals surface area contributed by atoms with Crippen LogP contribution in [0.3, 0.4) is 0 Å². The number of rotatable bonds is 4. The molecule has 128 valence electrons. The maximum absolute atomic E-state index is 13.3. The van der Waals surface area contributed by atoms with E-state index in [0.29, 0.717) is 37.3 Å². The lowest BCUT2D eigenvalue weighted by Crippen LogP contribution is -2.57. The average Bonchev–Trinajstić information content (AvgIpc) is 2.50. The minimum absolute atomic E-state index is 0.315. The number of piperazine rings is 1. The Morgan fingerprint density at radius 2 is 2.04 bits per heavy atom. The van der Waals surface area contributed by atoms with Crippen LogP contribution in [0.15, 0.2) is 22.7 Å². The molecule has 1 aliphatic heterocycles. The van der Waals surface area contributed by atoms with Crippen LogP contribution >= 0.6 is 15.9 Å². The van der Waals surface area contributed by atoms with E-state index < -0.39 is 24.7 Å². The van der Waals surface area contributed by atoms with Gasteiger partial charge in [0.15, 0.2) is 0 Å². The van der Waals surface area contributed by atoms with Crippen LogP contribution in [0, 0.1) is 6.92 Å². The largest absolute Gasteiger partial charge is 0.405 e. The quantitative estimate of drug-likeness (QED) is 0.824. The molecule has 2 N–H and O–H groups in total. The molecular weight excluding hydrogens is 375 g/mol. The van der Waals surface area contributed by atoms with Crippen LogP contribution in [-0.4, -0.2) is 55.7 Å². The van der Waals surface area contributed by atoms with E-state index in [4.69, 9.17) is 0 Å². The fourth-order valence-corrected chi connectivity index (χ4v) is 2.95. The van der Waals surface area contributed by atoms with Gasteiger partial charge in [0, 0.05) is 42.8 Å². The normalized spacial score (nSPS) is 17.8. The second-order valence-electron chi connectivity index (χ2n) is 5.47. The zero-order chi connectivity index (χ0) is 17.0. The monoisotopic (exact) mass is 393 g/mol. The van der Waals surface area contributed by atoms with Gasteiger partial charge in [0.05, 0.1) is 0 Å². The summed E-state index contributed by atoms with van der Waals surface area (Å²) in [4.78, 5) is 13.6. The van der Waals surface area contributed by atoms with Crippen LogP contribution < -0.4 is 10.6 Å². The van der Waals surface area contributed by atoms with Crippen molar-refractivity contribution in [2.24, 2.45) is 0 Å². The van der Waals surface area contributed by atoms with E-state index in [1.54, 1.807) is 25.1 Å². The van der Waals surface area contributed by atoms with E-state index in [-0.39, 0.29) is 0 Å². The number of carbonyl (C=O) groups excluding carboxylic acids is 1. The Morgan fingerprint density at radius 1 is 1.39 bits per heavy atom. The van der Waals surface area contributed by atoms with Crippen LogP contribution in [0.4, 0.5) is 13.2 Å². The summed E-state index contributed by atoms with van der Waals surface area (Å²) in [6.45, 7) is 2.97. The smallest absolute Gasteiger partial charge is 0.350 e. The van der Waals surface area contributed by atoms with E-state index in [1.807, 2.05) is 0 Å². The number of alkyl halides is 3. The summed E-state index contributed by atoms with van der Waals surface area (Å²) < 4.78 is 40.6. The molecule has 1 heterocycles. The van der Waals surface area contributed by atoms with Gasteiger partial charge >= 0.3 is 6.18 Å². The molecule has 1 fully saturated rings. The van der Waals surface area contributed by atoms with Gasteiger partial charge in [-0.2, -0.15) is 13.2 Å². The van der Waals surface area contributed by atoms with Gasteiger partial charge in [-0.15, -0.1) is 0 Å². The van der Waals surface area contributed by atoms with Crippen molar-refractivity contribution in [1.82, 2.24) is 15.5 Å². The number of amides is 1. The minimum Gasteiger partial charge on any atom is -0.350 e. The summed E-state index contributed by atoms with van der Waals surface area (Å²) in [5.41, 5.74) is 1.08. The molecule has 1 aromatic rings. The first-order valence-corrected chi connectivity index (χ1v) is 8.15. The third-order valence-electron chi connectivity index (χ3n) is 3.94. The number of benzene rings is 1. The summed E-state index contributed by atoms with van der Waals surface area (Å²) in [6, 6.07) is 3.40. The van der Waals surface area contributed by atoms with Crippen LogP contribution in [0.25, 0.3) is 0 Å². The molecular formula is C15H19BrF3N3O. The molecule has 0 aliphatic carbocycles. The van der Waals surface area contributed by atoms with Crippen molar-refractivity contribution in [3.63, 3.8) is 0 Å². The molecule has 1 atom stereocenters. The fourth-order valence-electron chi connectivity index (χ4n) is 2.58. The van der Waals surface area contributed by atoms with Gasteiger partial charge in [-0.05, 0) is 24.6 Å². The highest BCUT2D eigenvalue weighted by Crippen LogP contribution is 2.25. The lowest BCUT2D eigenvalue weighted by Gasteiger charge is -2.35. The SMILES string of the molecule is Cc1c(Br)cccc1C(=O)NCC(N1CCNCC1)C(F)(F)F. The topological polar surface area (TPSA) is 44.4 Å². The Labute approximate surface area is 141 Å². The maximum atomic E-state index is 13.3. The first kappa shape index (κ1) is 18.2. The average molecular weight is 394 g/mol. The highest BCUT2D eigenvalue weighted by Gasteiger charge is 2.43. The number of halogens is 4. The van der Waals surface area contributed by atoms with Crippen LogP contribution in [-0.2, 0) is 0 Å². The van der Waals surface area contributed by atoms with Crippen molar-refractivity contribution >= 4 is 21.8 Å². The number of hydrogen-bond donors (Lipinski definition) is 2. The van der Waals surface area contributed by atoms with E-state index in [0.717, 1.165) is 4.47 Å². The molecule has 1 saturated heterocycles. The molecule has 1 aliphatic rings. The molecule has 2 rings (SSSR count). The highest BCUT2D eigenvalue weighted by atomic mass is 79.9. The van der Waals surface area contributed by atoms with Gasteiger partial charge in [0.2, 0.25) is 0 Å². The lowest BCUT2D eigenvalue weighted by molar-refractivity contribution is -0.183. The molecule has 23 heavy (non-hydrogen) atoms. The van der Waals surface area contributed by atoms with Gasteiger partial charge in [0.1, 0.15) is 6.04 Å². The molecule has 0 saturated carbocycles. The van der Waals surface area contributed by atoms with Gasteiger partial charge < -0.3 is 10.6 Å². The predicted octanol–water partition coefficient (Wildman–Crippen LogP) is 2.32. The third kappa shape index (κ3) is 4.68. The Balaban J connectivity index is 2.05. The number of nitrogens with one attached hydrogen (secondary N) is 2. The molecule has 0 radical (unpaired) electrons. The van der Waals surface area contributed by atoms with Gasteiger partial charge in [0.25, 0.3) is 5.91 Å². The summed E-state index contributed by atoms with van der Waals surface area (Å²) in [7, 11) is 0. The van der Waals surface area contributed by atoms with Crippen LogP contribution in [0.2, 0.25) is 0 Å². The molecule has 1 aromatic carbocycles. The third-order valence-corrected chi connectivity index (χ3v) is 4.80. The summed E-state index contributed by atoms with van der Waals surface area (Å²) in [6.07, 6.45) is -4.38. The Hall–Kier alpha value is -1.12. The maximum Gasteiger partial charge on any atom is 0.405 e. The first-order valence-electron chi connectivity index (χ1n) is 7.35. The van der Waals surface area contributed by atoms with Gasteiger partial charge in [-0.25, -0.2) is 0 Å². The first-order chi connectivity index (χ1) is 10.8. The number of carbonyl (C=O) groups is 1. The summed E-state index contributed by atoms with van der Waals surface area (Å²) in [5, 5.41) is 5.45. The van der Waals surface area contributed by atoms with Gasteiger partial charge in [-0.1, -0.05) is 22.0 Å². The predicted molar refractivity (Wildman–Crippen MR) is 85.5 cm³/mol. The van der Waals surface area contributed by atoms with Crippen molar-refractivity contribution in [2.75, 3.05) is 32.7 Å². The van der Waals surface area contributed by atoms with Crippen molar-refractivity contribution < 1.29 is 18.0 Å². The zero-order valence-electron chi connectivity index (χ0n) is 12.7. The summed E-state index contributed by atoms with van der Waals surface area (Å²) in [5.74, 6) is -0.492. The second-order valence-corrected chi connectivity index (χ2v) is 6.32. The minimum atomic E-state index is -4.38. The number of nitrogens with zero attached hydrogens (tertiary/aromatic N) is 1. The van der Waals surface area contributed by atoms with E-state index >= 15 is 0 Å². The Morgan fingerprint density at radius 3 is 2.65 bits per heavy atom. The van der Waals surface area contributed by atoms with Crippen LogP contribution in [0.1, 0.15) is 15.9 Å². The lowest BCUT2D eigenvalue weighted by atomic mass is 10.1. The highest BCUT2D eigenvalue weighted by molar-refractivity contribution is 9.10. The van der Waals surface area contributed by atoms with E-state index in [1.165, 1.54) is 4.90 Å². The van der Waals surface area contributed by atoms with Crippen molar-refractivity contribution in [3.8, 4) is 0 Å². The number of hydrogen-bond acceptors (Lipinski definition) is 3. The molecule has 0 bridgehead atoms.